The van der Waals surface area contributed by atoms with Crippen molar-refractivity contribution in [1.82, 2.24) is 5.32 Å². The van der Waals surface area contributed by atoms with Crippen LogP contribution in [0.1, 0.15) is 19.8 Å². The van der Waals surface area contributed by atoms with Crippen LogP contribution in [0.4, 0.5) is 27.6 Å². The van der Waals surface area contributed by atoms with Crippen molar-refractivity contribution >= 4 is 5.69 Å². The second-order valence-corrected chi connectivity index (χ2v) is 4.80. The Hall–Kier alpha value is -1.37. The smallest absolute Gasteiger partial charge is 0.200 e. The predicted octanol–water partition coefficient (Wildman–Crippen LogP) is 2.96. The number of nitrogens with zero attached hydrogens (tertiary/aromatic N) is 1. The molecule has 0 spiro atoms. The van der Waals surface area contributed by atoms with Gasteiger partial charge in [-0.25, -0.2) is 22.0 Å². The number of nitrogens with one attached hydrogen (secondary N) is 1. The van der Waals surface area contributed by atoms with E-state index < -0.39 is 34.8 Å². The van der Waals surface area contributed by atoms with Gasteiger partial charge in [0.2, 0.25) is 5.82 Å². The number of rotatable bonds is 4. The molecule has 1 aromatic rings. The van der Waals surface area contributed by atoms with E-state index in [2.05, 4.69) is 5.32 Å². The van der Waals surface area contributed by atoms with E-state index in [4.69, 9.17) is 0 Å². The summed E-state index contributed by atoms with van der Waals surface area (Å²) in [5.41, 5.74) is -0.831. The topological polar surface area (TPSA) is 15.3 Å². The van der Waals surface area contributed by atoms with E-state index in [1.807, 2.05) is 6.92 Å². The van der Waals surface area contributed by atoms with E-state index in [1.54, 1.807) is 0 Å². The lowest BCUT2D eigenvalue weighted by Gasteiger charge is -2.21. The van der Waals surface area contributed by atoms with E-state index in [0.29, 0.717) is 6.42 Å². The molecule has 1 heterocycles. The molecular weight excluding hydrogens is 279 g/mol. The fourth-order valence-electron chi connectivity index (χ4n) is 2.35. The van der Waals surface area contributed by atoms with Crippen molar-refractivity contribution in [2.75, 3.05) is 24.5 Å². The zero-order valence-corrected chi connectivity index (χ0v) is 10.9. The Kier molecular flexibility index (Phi) is 4.47. The molecule has 1 unspecified atom stereocenters. The van der Waals surface area contributed by atoms with Crippen molar-refractivity contribution in [3.63, 3.8) is 0 Å². The first-order valence-electron chi connectivity index (χ1n) is 6.47. The number of anilines is 1. The highest BCUT2D eigenvalue weighted by Crippen LogP contribution is 2.32. The van der Waals surface area contributed by atoms with Gasteiger partial charge in [-0.05, 0) is 19.4 Å². The van der Waals surface area contributed by atoms with Crippen molar-refractivity contribution in [2.24, 2.45) is 0 Å². The maximum Gasteiger partial charge on any atom is 0.200 e. The Labute approximate surface area is 113 Å². The van der Waals surface area contributed by atoms with E-state index in [0.717, 1.165) is 13.0 Å². The molecule has 20 heavy (non-hydrogen) atoms. The molecule has 1 fully saturated rings. The SMILES string of the molecule is CCCNC1CCN(c2c(F)c(F)c(F)c(F)c2F)C1. The zero-order valence-electron chi connectivity index (χ0n) is 10.9. The summed E-state index contributed by atoms with van der Waals surface area (Å²) >= 11 is 0. The molecule has 112 valence electrons. The van der Waals surface area contributed by atoms with Crippen LogP contribution in [-0.2, 0) is 0 Å². The van der Waals surface area contributed by atoms with Gasteiger partial charge in [0.25, 0.3) is 0 Å². The van der Waals surface area contributed by atoms with Crippen LogP contribution in [0, 0.1) is 29.1 Å². The summed E-state index contributed by atoms with van der Waals surface area (Å²) in [6, 6.07) is -0.00933. The fourth-order valence-corrected chi connectivity index (χ4v) is 2.35. The molecule has 2 rings (SSSR count). The van der Waals surface area contributed by atoms with Crippen molar-refractivity contribution in [3.8, 4) is 0 Å². The minimum Gasteiger partial charge on any atom is -0.365 e. The predicted molar refractivity (Wildman–Crippen MR) is 65.1 cm³/mol. The second kappa shape index (κ2) is 5.95. The van der Waals surface area contributed by atoms with Crippen LogP contribution < -0.4 is 10.2 Å². The highest BCUT2D eigenvalue weighted by atomic mass is 19.2. The van der Waals surface area contributed by atoms with Crippen LogP contribution in [0.15, 0.2) is 0 Å². The Morgan fingerprint density at radius 3 is 2.10 bits per heavy atom. The lowest BCUT2D eigenvalue weighted by Crippen LogP contribution is -2.33. The van der Waals surface area contributed by atoms with Crippen LogP contribution in [0.5, 0.6) is 0 Å². The Morgan fingerprint density at radius 2 is 1.55 bits per heavy atom. The van der Waals surface area contributed by atoms with Crippen LogP contribution >= 0.6 is 0 Å². The van der Waals surface area contributed by atoms with E-state index in [9.17, 15) is 22.0 Å². The second-order valence-electron chi connectivity index (χ2n) is 4.80. The average molecular weight is 294 g/mol. The van der Waals surface area contributed by atoms with Gasteiger partial charge < -0.3 is 10.2 Å². The van der Waals surface area contributed by atoms with Crippen molar-refractivity contribution in [3.05, 3.63) is 29.1 Å². The molecule has 1 saturated heterocycles. The molecular formula is C13H15F5N2. The number of hydrogen-bond donors (Lipinski definition) is 1. The molecule has 7 heteroatoms. The Morgan fingerprint density at radius 1 is 1.00 bits per heavy atom. The molecule has 2 nitrogen and oxygen atoms in total. The average Bonchev–Trinajstić information content (AvgIpc) is 2.89. The molecule has 1 aliphatic rings. The molecule has 0 radical (unpaired) electrons. The molecule has 1 aliphatic heterocycles. The van der Waals surface area contributed by atoms with Gasteiger partial charge in [0.05, 0.1) is 0 Å². The molecule has 0 amide bonds. The Bertz CT molecular complexity index is 477. The maximum absolute atomic E-state index is 13.7. The van der Waals surface area contributed by atoms with Crippen molar-refractivity contribution < 1.29 is 22.0 Å². The third-order valence-corrected chi connectivity index (χ3v) is 3.37. The highest BCUT2D eigenvalue weighted by Gasteiger charge is 2.32. The summed E-state index contributed by atoms with van der Waals surface area (Å²) < 4.78 is 66.6. The largest absolute Gasteiger partial charge is 0.365 e. The van der Waals surface area contributed by atoms with Gasteiger partial charge in [0.1, 0.15) is 5.69 Å². The third-order valence-electron chi connectivity index (χ3n) is 3.37. The molecule has 0 saturated carbocycles. The molecule has 1 N–H and O–H groups in total. The van der Waals surface area contributed by atoms with E-state index >= 15 is 0 Å². The number of benzene rings is 1. The van der Waals surface area contributed by atoms with Crippen molar-refractivity contribution in [2.45, 2.75) is 25.8 Å². The van der Waals surface area contributed by atoms with Gasteiger partial charge in [-0.2, -0.15) is 0 Å². The summed E-state index contributed by atoms with van der Waals surface area (Å²) in [5.74, 6) is -9.45. The van der Waals surface area contributed by atoms with Crippen LogP contribution in [0.25, 0.3) is 0 Å². The zero-order chi connectivity index (χ0) is 14.9. The van der Waals surface area contributed by atoms with Gasteiger partial charge in [-0.1, -0.05) is 6.92 Å². The molecule has 0 aliphatic carbocycles. The standard InChI is InChI=1S/C13H15F5N2/c1-2-4-19-7-3-5-20(6-7)13-11(17)9(15)8(14)10(16)12(13)18/h7,19H,2-6H2,1H3. The van der Waals surface area contributed by atoms with E-state index in [-0.39, 0.29) is 19.1 Å². The molecule has 0 bridgehead atoms. The molecule has 1 atom stereocenters. The van der Waals surface area contributed by atoms with Gasteiger partial charge in [-0.3, -0.25) is 0 Å². The summed E-state index contributed by atoms with van der Waals surface area (Å²) in [5, 5.41) is 3.16. The minimum atomic E-state index is -2.12. The number of hydrogen-bond acceptors (Lipinski definition) is 2. The van der Waals surface area contributed by atoms with Crippen LogP contribution in [0.2, 0.25) is 0 Å². The van der Waals surface area contributed by atoms with Gasteiger partial charge in [0, 0.05) is 19.1 Å². The Balaban J connectivity index is 2.26. The van der Waals surface area contributed by atoms with Gasteiger partial charge >= 0.3 is 0 Å². The summed E-state index contributed by atoms with van der Waals surface area (Å²) in [7, 11) is 0. The minimum absolute atomic E-state index is 0.00933. The van der Waals surface area contributed by atoms with Crippen LogP contribution in [0.3, 0.4) is 0 Å². The monoisotopic (exact) mass is 294 g/mol. The summed E-state index contributed by atoms with van der Waals surface area (Å²) in [4.78, 5) is 1.20. The fraction of sp³-hybridized carbons (Fsp3) is 0.538. The highest BCUT2D eigenvalue weighted by molar-refractivity contribution is 5.51. The molecule has 0 aromatic heterocycles. The lowest BCUT2D eigenvalue weighted by atomic mass is 10.2. The van der Waals surface area contributed by atoms with E-state index in [1.165, 1.54) is 4.90 Å². The quantitative estimate of drug-likeness (QED) is 0.522. The normalized spacial score (nSPS) is 18.9. The van der Waals surface area contributed by atoms with Crippen molar-refractivity contribution in [1.29, 1.82) is 0 Å². The molecule has 1 aromatic carbocycles. The summed E-state index contributed by atoms with van der Waals surface area (Å²) in [6.45, 7) is 3.19. The third kappa shape index (κ3) is 2.59. The first-order chi connectivity index (χ1) is 9.47. The number of halogens is 5. The maximum atomic E-state index is 13.7. The first-order valence-corrected chi connectivity index (χ1v) is 6.47. The van der Waals surface area contributed by atoms with Crippen LogP contribution in [-0.4, -0.2) is 25.7 Å². The first kappa shape index (κ1) is 15.0. The van der Waals surface area contributed by atoms with Gasteiger partial charge in [-0.15, -0.1) is 0 Å². The van der Waals surface area contributed by atoms with Gasteiger partial charge in [0.15, 0.2) is 23.3 Å². The summed E-state index contributed by atoms with van der Waals surface area (Å²) in [6.07, 6.45) is 1.50. The lowest BCUT2D eigenvalue weighted by molar-refractivity contribution is 0.378.